The molecule has 2 heterocycles. The van der Waals surface area contributed by atoms with Crippen molar-refractivity contribution in [3.8, 4) is 0 Å². The van der Waals surface area contributed by atoms with E-state index in [0.29, 0.717) is 29.4 Å². The van der Waals surface area contributed by atoms with Gasteiger partial charge in [0.25, 0.3) is 5.91 Å². The van der Waals surface area contributed by atoms with E-state index < -0.39 is 0 Å². The van der Waals surface area contributed by atoms with E-state index in [1.54, 1.807) is 55.8 Å². The molecule has 0 saturated carbocycles. The molecule has 0 unspecified atom stereocenters. The third-order valence-corrected chi connectivity index (χ3v) is 3.64. The van der Waals surface area contributed by atoms with Crippen LogP contribution in [0, 0.1) is 6.92 Å². The van der Waals surface area contributed by atoms with Crippen LogP contribution < -0.4 is 16.0 Å². The molecule has 0 aliphatic carbocycles. The number of amides is 3. The highest BCUT2D eigenvalue weighted by Crippen LogP contribution is 2.15. The normalized spacial score (nSPS) is 10.4. The third-order valence-electron chi connectivity index (χ3n) is 3.64. The SMILES string of the molecule is Cc1cc(C(=O)Nc2ccc(NC(=O)NCc3ccco3)cc2)n(C)n1. The number of hydrogen-bond donors (Lipinski definition) is 3. The molecule has 0 atom stereocenters. The number of benzene rings is 1. The topological polar surface area (TPSA) is 101 Å². The molecule has 0 aliphatic heterocycles. The maximum Gasteiger partial charge on any atom is 0.319 e. The van der Waals surface area contributed by atoms with Crippen LogP contribution in [0.4, 0.5) is 16.2 Å². The maximum absolute atomic E-state index is 12.2. The smallest absolute Gasteiger partial charge is 0.319 e. The van der Waals surface area contributed by atoms with E-state index >= 15 is 0 Å². The molecule has 0 aliphatic rings. The van der Waals surface area contributed by atoms with Crippen LogP contribution in [0.2, 0.25) is 0 Å². The van der Waals surface area contributed by atoms with E-state index in [2.05, 4.69) is 21.0 Å². The second-order valence-electron chi connectivity index (χ2n) is 5.71. The maximum atomic E-state index is 12.2. The summed E-state index contributed by atoms with van der Waals surface area (Å²) >= 11 is 0. The molecule has 8 heteroatoms. The van der Waals surface area contributed by atoms with Crippen LogP contribution in [0.5, 0.6) is 0 Å². The number of aryl methyl sites for hydroxylation is 2. The van der Waals surface area contributed by atoms with Gasteiger partial charge in [0.05, 0.1) is 18.5 Å². The first-order valence-electron chi connectivity index (χ1n) is 8.00. The van der Waals surface area contributed by atoms with Crippen molar-refractivity contribution < 1.29 is 14.0 Å². The second kappa shape index (κ2) is 7.56. The van der Waals surface area contributed by atoms with Gasteiger partial charge in [0.2, 0.25) is 0 Å². The van der Waals surface area contributed by atoms with Crippen LogP contribution in [0.3, 0.4) is 0 Å². The van der Waals surface area contributed by atoms with Crippen molar-refractivity contribution in [3.63, 3.8) is 0 Å². The van der Waals surface area contributed by atoms with Crippen LogP contribution >= 0.6 is 0 Å². The fourth-order valence-corrected chi connectivity index (χ4v) is 2.41. The summed E-state index contributed by atoms with van der Waals surface area (Å²) in [6, 6.07) is 11.7. The lowest BCUT2D eigenvalue weighted by molar-refractivity contribution is 0.101. The highest BCUT2D eigenvalue weighted by atomic mass is 16.3. The minimum Gasteiger partial charge on any atom is -0.467 e. The van der Waals surface area contributed by atoms with Crippen LogP contribution in [-0.4, -0.2) is 21.7 Å². The minimum absolute atomic E-state index is 0.245. The first-order chi connectivity index (χ1) is 12.5. The van der Waals surface area contributed by atoms with Crippen molar-refractivity contribution in [1.82, 2.24) is 15.1 Å². The number of carbonyl (C=O) groups excluding carboxylic acids is 2. The highest BCUT2D eigenvalue weighted by molar-refractivity contribution is 6.03. The number of nitrogens with one attached hydrogen (secondary N) is 3. The lowest BCUT2D eigenvalue weighted by Crippen LogP contribution is -2.27. The van der Waals surface area contributed by atoms with Gasteiger partial charge in [-0.3, -0.25) is 9.48 Å². The van der Waals surface area contributed by atoms with Crippen molar-refractivity contribution >= 4 is 23.3 Å². The summed E-state index contributed by atoms with van der Waals surface area (Å²) in [5.74, 6) is 0.425. The van der Waals surface area contributed by atoms with Gasteiger partial charge in [0.15, 0.2) is 0 Å². The Morgan fingerprint density at radius 3 is 2.38 bits per heavy atom. The summed E-state index contributed by atoms with van der Waals surface area (Å²) in [5.41, 5.74) is 2.48. The summed E-state index contributed by atoms with van der Waals surface area (Å²) in [4.78, 5) is 24.1. The molecule has 0 radical (unpaired) electrons. The number of furan rings is 1. The fraction of sp³-hybridized carbons (Fsp3) is 0.167. The summed E-state index contributed by atoms with van der Waals surface area (Å²) in [5, 5.41) is 12.3. The predicted molar refractivity (Wildman–Crippen MR) is 96.9 cm³/mol. The quantitative estimate of drug-likeness (QED) is 0.656. The van der Waals surface area contributed by atoms with E-state index in [1.165, 1.54) is 4.68 Å². The Labute approximate surface area is 150 Å². The molecule has 3 aromatic rings. The van der Waals surface area contributed by atoms with Crippen LogP contribution in [0.25, 0.3) is 0 Å². The van der Waals surface area contributed by atoms with Gasteiger partial charge in [-0.05, 0) is 49.4 Å². The molecule has 26 heavy (non-hydrogen) atoms. The van der Waals surface area contributed by atoms with Gasteiger partial charge in [-0.25, -0.2) is 4.79 Å². The van der Waals surface area contributed by atoms with Gasteiger partial charge in [0, 0.05) is 18.4 Å². The second-order valence-corrected chi connectivity index (χ2v) is 5.71. The fourth-order valence-electron chi connectivity index (χ4n) is 2.41. The average molecular weight is 353 g/mol. The molecule has 2 aromatic heterocycles. The summed E-state index contributed by atoms with van der Waals surface area (Å²) in [6.07, 6.45) is 1.55. The van der Waals surface area contributed by atoms with Gasteiger partial charge >= 0.3 is 6.03 Å². The van der Waals surface area contributed by atoms with Crippen LogP contribution in [0.15, 0.2) is 53.1 Å². The molecule has 0 bridgehead atoms. The first-order valence-corrected chi connectivity index (χ1v) is 8.00. The Balaban J connectivity index is 1.53. The number of aromatic nitrogens is 2. The Bertz CT molecular complexity index is 898. The third kappa shape index (κ3) is 4.29. The zero-order valence-electron chi connectivity index (χ0n) is 14.4. The molecule has 0 fully saturated rings. The van der Waals surface area contributed by atoms with Crippen molar-refractivity contribution in [2.24, 2.45) is 7.05 Å². The van der Waals surface area contributed by atoms with Crippen molar-refractivity contribution in [1.29, 1.82) is 0 Å². The molecular formula is C18H19N5O3. The van der Waals surface area contributed by atoms with Gasteiger partial charge in [-0.15, -0.1) is 0 Å². The molecular weight excluding hydrogens is 334 g/mol. The zero-order valence-corrected chi connectivity index (χ0v) is 14.4. The first kappa shape index (κ1) is 17.3. The Morgan fingerprint density at radius 1 is 1.12 bits per heavy atom. The molecule has 3 amide bonds. The average Bonchev–Trinajstić information content (AvgIpc) is 3.24. The van der Waals surface area contributed by atoms with Gasteiger partial charge < -0.3 is 20.4 Å². The standard InChI is InChI=1S/C18H19N5O3/c1-12-10-16(23(2)22-12)17(24)20-13-5-7-14(8-6-13)21-18(25)19-11-15-4-3-9-26-15/h3-10H,11H2,1-2H3,(H,20,24)(H2,19,21,25). The van der Waals surface area contributed by atoms with E-state index in [0.717, 1.165) is 5.69 Å². The Hall–Kier alpha value is -3.55. The van der Waals surface area contributed by atoms with Crippen molar-refractivity contribution in [2.75, 3.05) is 10.6 Å². The molecule has 0 saturated heterocycles. The molecule has 1 aromatic carbocycles. The van der Waals surface area contributed by atoms with E-state index in [9.17, 15) is 9.59 Å². The van der Waals surface area contributed by atoms with Crippen molar-refractivity contribution in [2.45, 2.75) is 13.5 Å². The highest BCUT2D eigenvalue weighted by Gasteiger charge is 2.12. The van der Waals surface area contributed by atoms with Crippen LogP contribution in [-0.2, 0) is 13.6 Å². The van der Waals surface area contributed by atoms with E-state index in [1.807, 2.05) is 6.92 Å². The van der Waals surface area contributed by atoms with Crippen LogP contribution in [0.1, 0.15) is 21.9 Å². The van der Waals surface area contributed by atoms with Crippen molar-refractivity contribution in [3.05, 3.63) is 65.9 Å². The molecule has 8 nitrogen and oxygen atoms in total. The van der Waals surface area contributed by atoms with E-state index in [-0.39, 0.29) is 11.9 Å². The molecule has 3 N–H and O–H groups in total. The largest absolute Gasteiger partial charge is 0.467 e. The molecule has 0 spiro atoms. The van der Waals surface area contributed by atoms with E-state index in [4.69, 9.17) is 4.42 Å². The minimum atomic E-state index is -0.344. The number of hydrogen-bond acceptors (Lipinski definition) is 4. The van der Waals surface area contributed by atoms with Gasteiger partial charge in [-0.2, -0.15) is 5.10 Å². The van der Waals surface area contributed by atoms with Gasteiger partial charge in [0.1, 0.15) is 11.5 Å². The number of anilines is 2. The Morgan fingerprint density at radius 2 is 1.81 bits per heavy atom. The molecule has 134 valence electrons. The zero-order chi connectivity index (χ0) is 18.5. The number of nitrogens with zero attached hydrogens (tertiary/aromatic N) is 2. The summed E-state index contributed by atoms with van der Waals surface area (Å²) in [6.45, 7) is 2.13. The summed E-state index contributed by atoms with van der Waals surface area (Å²) < 4.78 is 6.68. The number of urea groups is 1. The molecule has 3 rings (SSSR count). The Kier molecular flexibility index (Phi) is 5.02. The monoisotopic (exact) mass is 353 g/mol. The lowest BCUT2D eigenvalue weighted by atomic mass is 10.2. The number of rotatable bonds is 5. The predicted octanol–water partition coefficient (Wildman–Crippen LogP) is 2.90. The lowest BCUT2D eigenvalue weighted by Gasteiger charge is -2.08. The summed E-state index contributed by atoms with van der Waals surface area (Å²) in [7, 11) is 1.72. The number of carbonyl (C=O) groups is 2. The van der Waals surface area contributed by atoms with Gasteiger partial charge in [-0.1, -0.05) is 0 Å².